The Labute approximate surface area is 154 Å². The molecule has 0 spiro atoms. The predicted octanol–water partition coefficient (Wildman–Crippen LogP) is 5.22. The molecule has 0 aromatic heterocycles. The van der Waals surface area contributed by atoms with Crippen LogP contribution in [0, 0.1) is 0 Å². The maximum absolute atomic E-state index is 12.9. The molecule has 0 fully saturated rings. The number of benzene rings is 2. The summed E-state index contributed by atoms with van der Waals surface area (Å²) in [5.74, 6) is 0.530. The van der Waals surface area contributed by atoms with Gasteiger partial charge in [0.15, 0.2) is 11.6 Å². The average molecular weight is 403 g/mol. The van der Waals surface area contributed by atoms with E-state index < -0.39 is 0 Å². The molecule has 0 radical (unpaired) electrons. The Balaban J connectivity index is 1.88. The number of aryl methyl sites for hydroxylation is 1. The van der Waals surface area contributed by atoms with E-state index in [1.54, 1.807) is 0 Å². The van der Waals surface area contributed by atoms with E-state index in [2.05, 4.69) is 20.9 Å². The third-order valence-corrected chi connectivity index (χ3v) is 5.61. The number of hydrogen-bond acceptors (Lipinski definition) is 3. The van der Waals surface area contributed by atoms with Crippen LogP contribution in [0.3, 0.4) is 0 Å². The highest BCUT2D eigenvalue weighted by Crippen LogP contribution is 2.26. The predicted molar refractivity (Wildman–Crippen MR) is 103 cm³/mol. The fraction of sp³-hybridized carbons (Fsp3) is 0.300. The van der Waals surface area contributed by atoms with E-state index in [-0.39, 0.29) is 18.0 Å². The van der Waals surface area contributed by atoms with E-state index in [1.165, 1.54) is 27.7 Å². The van der Waals surface area contributed by atoms with Crippen molar-refractivity contribution >= 4 is 36.6 Å². The Morgan fingerprint density at radius 1 is 0.917 bits per heavy atom. The van der Waals surface area contributed by atoms with Crippen LogP contribution in [0.5, 0.6) is 0 Å². The monoisotopic (exact) mass is 402 g/mol. The standard InChI is InChI=1S/C20H19BrO2S/c21-24-13-20(23)17-10-4-2-7-15(17)12-19(22)18-11-5-8-14-6-1-3-9-16(14)18/h2,4-5,7-8,10-11H,1,3,6,9,12-13H2. The average Bonchev–Trinajstić information content (AvgIpc) is 2.62. The van der Waals surface area contributed by atoms with Crippen molar-refractivity contribution < 1.29 is 9.59 Å². The van der Waals surface area contributed by atoms with E-state index in [1.807, 2.05) is 36.4 Å². The minimum absolute atomic E-state index is 0.0513. The highest BCUT2D eigenvalue weighted by atomic mass is 79.9. The largest absolute Gasteiger partial charge is 0.294 e. The van der Waals surface area contributed by atoms with E-state index in [4.69, 9.17) is 0 Å². The van der Waals surface area contributed by atoms with Crippen molar-refractivity contribution in [2.24, 2.45) is 0 Å². The van der Waals surface area contributed by atoms with Crippen molar-refractivity contribution in [3.63, 3.8) is 0 Å². The number of hydrogen-bond donors (Lipinski definition) is 0. The first-order chi connectivity index (χ1) is 11.7. The lowest BCUT2D eigenvalue weighted by Crippen LogP contribution is -2.14. The van der Waals surface area contributed by atoms with E-state index in [0.29, 0.717) is 11.3 Å². The van der Waals surface area contributed by atoms with Gasteiger partial charge in [-0.15, -0.1) is 0 Å². The summed E-state index contributed by atoms with van der Waals surface area (Å²) in [6.07, 6.45) is 4.68. The first-order valence-electron chi connectivity index (χ1n) is 8.19. The summed E-state index contributed by atoms with van der Waals surface area (Å²) in [6.45, 7) is 0. The summed E-state index contributed by atoms with van der Waals surface area (Å²) in [7, 11) is 1.33. The second kappa shape index (κ2) is 8.13. The van der Waals surface area contributed by atoms with Crippen LogP contribution in [0.25, 0.3) is 0 Å². The molecular formula is C20H19BrO2S. The van der Waals surface area contributed by atoms with Crippen LogP contribution in [0.15, 0.2) is 42.5 Å². The molecule has 1 aliphatic rings. The first kappa shape index (κ1) is 17.4. The van der Waals surface area contributed by atoms with Gasteiger partial charge in [-0.2, -0.15) is 0 Å². The quantitative estimate of drug-likeness (QED) is 0.621. The van der Waals surface area contributed by atoms with Crippen molar-refractivity contribution in [2.45, 2.75) is 32.1 Å². The fourth-order valence-corrected chi connectivity index (χ4v) is 4.26. The molecule has 2 aromatic carbocycles. The molecule has 4 heteroatoms. The Morgan fingerprint density at radius 3 is 2.50 bits per heavy atom. The lowest BCUT2D eigenvalue weighted by molar-refractivity contribution is 0.0991. The third kappa shape index (κ3) is 3.81. The van der Waals surface area contributed by atoms with Gasteiger partial charge >= 0.3 is 0 Å². The van der Waals surface area contributed by atoms with Gasteiger partial charge in [0.1, 0.15) is 0 Å². The molecule has 0 atom stereocenters. The van der Waals surface area contributed by atoms with Gasteiger partial charge in [0.2, 0.25) is 0 Å². The minimum atomic E-state index is 0.0513. The van der Waals surface area contributed by atoms with Gasteiger partial charge < -0.3 is 0 Å². The SMILES string of the molecule is O=C(CSBr)c1ccccc1CC(=O)c1cccc2c1CCCC2. The van der Waals surface area contributed by atoms with Crippen molar-refractivity contribution in [2.75, 3.05) is 5.75 Å². The smallest absolute Gasteiger partial charge is 0.173 e. The Hall–Kier alpha value is -1.39. The van der Waals surface area contributed by atoms with Crippen LogP contribution in [-0.2, 0) is 19.3 Å². The topological polar surface area (TPSA) is 34.1 Å². The molecule has 0 amide bonds. The number of rotatable bonds is 6. The number of halogens is 1. The summed E-state index contributed by atoms with van der Waals surface area (Å²) in [4.78, 5) is 25.1. The van der Waals surface area contributed by atoms with Gasteiger partial charge in [0.05, 0.1) is 5.75 Å². The Bertz CT molecular complexity index is 770. The molecule has 124 valence electrons. The van der Waals surface area contributed by atoms with Crippen molar-refractivity contribution in [3.8, 4) is 0 Å². The molecule has 24 heavy (non-hydrogen) atoms. The fourth-order valence-electron chi connectivity index (χ4n) is 3.38. The van der Waals surface area contributed by atoms with Crippen molar-refractivity contribution in [3.05, 3.63) is 70.3 Å². The van der Waals surface area contributed by atoms with Crippen LogP contribution in [0.4, 0.5) is 0 Å². The molecule has 3 rings (SSSR count). The molecule has 0 bridgehead atoms. The van der Waals surface area contributed by atoms with Crippen molar-refractivity contribution in [1.29, 1.82) is 0 Å². The van der Waals surface area contributed by atoms with Crippen LogP contribution < -0.4 is 0 Å². The number of fused-ring (bicyclic) bond motifs is 1. The molecule has 0 saturated heterocycles. The van der Waals surface area contributed by atoms with Gasteiger partial charge in [0.25, 0.3) is 0 Å². The number of carbonyl (C=O) groups is 2. The molecule has 0 heterocycles. The maximum Gasteiger partial charge on any atom is 0.173 e. The highest BCUT2D eigenvalue weighted by Gasteiger charge is 2.19. The van der Waals surface area contributed by atoms with Crippen molar-refractivity contribution in [1.82, 2.24) is 0 Å². The number of carbonyl (C=O) groups excluding carboxylic acids is 2. The van der Waals surface area contributed by atoms with Crippen LogP contribution in [-0.4, -0.2) is 17.3 Å². The molecule has 1 aliphatic carbocycles. The molecule has 2 aromatic rings. The molecule has 0 N–H and O–H groups in total. The lowest BCUT2D eigenvalue weighted by atomic mass is 9.85. The van der Waals surface area contributed by atoms with Crippen LogP contribution >= 0.6 is 25.0 Å². The summed E-state index contributed by atoms with van der Waals surface area (Å²) in [5.41, 5.74) is 4.84. The van der Waals surface area contributed by atoms with E-state index in [0.717, 1.165) is 30.4 Å². The van der Waals surface area contributed by atoms with Gasteiger partial charge in [-0.1, -0.05) is 52.7 Å². The molecular weight excluding hydrogens is 384 g/mol. The number of Topliss-reactive ketones (excluding diaryl/α,β-unsaturated/α-hetero) is 2. The summed E-state index contributed by atoms with van der Waals surface area (Å²) in [6, 6.07) is 13.5. The summed E-state index contributed by atoms with van der Waals surface area (Å²) in [5, 5.41) is 0. The van der Waals surface area contributed by atoms with E-state index in [9.17, 15) is 9.59 Å². The third-order valence-electron chi connectivity index (χ3n) is 4.55. The first-order valence-corrected chi connectivity index (χ1v) is 11.0. The van der Waals surface area contributed by atoms with Gasteiger partial charge in [-0.3, -0.25) is 9.59 Å². The van der Waals surface area contributed by atoms with Gasteiger partial charge in [-0.05, 0) is 57.2 Å². The molecule has 0 unspecified atom stereocenters. The summed E-state index contributed by atoms with van der Waals surface area (Å²) < 4.78 is 0. The number of ketones is 2. The maximum atomic E-state index is 12.9. The highest BCUT2D eigenvalue weighted by molar-refractivity contribution is 9.50. The lowest BCUT2D eigenvalue weighted by Gasteiger charge is -2.19. The zero-order valence-electron chi connectivity index (χ0n) is 13.4. The van der Waals surface area contributed by atoms with Crippen LogP contribution in [0.1, 0.15) is 50.2 Å². The molecule has 0 aliphatic heterocycles. The minimum Gasteiger partial charge on any atom is -0.294 e. The van der Waals surface area contributed by atoms with E-state index >= 15 is 0 Å². The zero-order valence-corrected chi connectivity index (χ0v) is 15.8. The van der Waals surface area contributed by atoms with Gasteiger partial charge in [0, 0.05) is 17.5 Å². The summed E-state index contributed by atoms with van der Waals surface area (Å²) >= 11 is 3.23. The van der Waals surface area contributed by atoms with Gasteiger partial charge in [-0.25, -0.2) is 0 Å². The molecule has 2 nitrogen and oxygen atoms in total. The zero-order chi connectivity index (χ0) is 16.9. The Morgan fingerprint density at radius 2 is 1.67 bits per heavy atom. The Kier molecular flexibility index (Phi) is 5.90. The normalized spacial score (nSPS) is 13.4. The second-order valence-electron chi connectivity index (χ2n) is 6.08. The second-order valence-corrected chi connectivity index (χ2v) is 7.96. The van der Waals surface area contributed by atoms with Crippen LogP contribution in [0.2, 0.25) is 0 Å². The molecule has 0 saturated carbocycles.